The van der Waals surface area contributed by atoms with Gasteiger partial charge in [0.2, 0.25) is 0 Å². The van der Waals surface area contributed by atoms with Crippen LogP contribution in [0.4, 0.5) is 0 Å². The maximum atomic E-state index is 6.42. The summed E-state index contributed by atoms with van der Waals surface area (Å²) in [4.78, 5) is 0. The van der Waals surface area contributed by atoms with Crippen molar-refractivity contribution in [1.29, 1.82) is 0 Å². The number of hydrogen-bond acceptors (Lipinski definition) is 1. The Kier molecular flexibility index (Phi) is 5.44. The van der Waals surface area contributed by atoms with Crippen molar-refractivity contribution < 1.29 is 4.42 Å². The van der Waals surface area contributed by atoms with Gasteiger partial charge in [-0.3, -0.25) is 0 Å². The Morgan fingerprint density at radius 3 is 2.24 bits per heavy atom. The van der Waals surface area contributed by atoms with Gasteiger partial charge in [-0.15, -0.1) is 0 Å². The van der Waals surface area contributed by atoms with E-state index in [4.69, 9.17) is 4.42 Å². The van der Waals surface area contributed by atoms with Crippen molar-refractivity contribution in [2.45, 2.75) is 12.8 Å². The zero-order valence-electron chi connectivity index (χ0n) is 25.2. The molecule has 0 N–H and O–H groups in total. The molecule has 0 atom stereocenters. The molecule has 7 aromatic carbocycles. The summed E-state index contributed by atoms with van der Waals surface area (Å²) in [5.41, 5.74) is 13.0. The maximum absolute atomic E-state index is 6.42. The number of allylic oxidation sites excluding steroid dienone is 1. The number of aromatic nitrogens is 1. The van der Waals surface area contributed by atoms with Crippen molar-refractivity contribution in [3.05, 3.63) is 157 Å². The average molecular weight is 588 g/mol. The molecule has 0 unspecified atom stereocenters. The minimum absolute atomic E-state index is 0.922. The normalized spacial score (nSPS) is 13.0. The second-order valence-corrected chi connectivity index (χ2v) is 12.4. The summed E-state index contributed by atoms with van der Waals surface area (Å²) in [6.45, 7) is 0. The van der Waals surface area contributed by atoms with Crippen LogP contribution in [0.25, 0.3) is 88.5 Å². The lowest BCUT2D eigenvalue weighted by Crippen LogP contribution is -1.99. The first-order valence-electron chi connectivity index (χ1n) is 16.1. The quantitative estimate of drug-likeness (QED) is 0.201. The average Bonchev–Trinajstić information content (AvgIpc) is 3.67. The Morgan fingerprint density at radius 1 is 0.522 bits per heavy atom. The summed E-state index contributed by atoms with van der Waals surface area (Å²) in [6, 6.07) is 50.7. The number of benzene rings is 7. The maximum Gasteiger partial charge on any atom is 0.143 e. The molecule has 216 valence electrons. The van der Waals surface area contributed by atoms with Crippen molar-refractivity contribution in [2.24, 2.45) is 0 Å². The van der Waals surface area contributed by atoms with E-state index in [-0.39, 0.29) is 0 Å². The third-order valence-electron chi connectivity index (χ3n) is 9.85. The highest BCUT2D eigenvalue weighted by atomic mass is 16.3. The standard InChI is InChI=1S/C44H29NO/c1-2-14-32-29(11-1)26-39(35-16-4-3-15-34(32)35)28-12-9-13-31(25-28)45-41-21-7-5-17-36(41)40-27-30(23-24-42(40)45)33-19-10-20-38-37-18-6-8-22-43(37)46-44(33)38/h1-2,4-14,16-27H,3,15H2. The largest absolute Gasteiger partial charge is 0.455 e. The van der Waals surface area contributed by atoms with Gasteiger partial charge in [0.05, 0.1) is 11.0 Å². The van der Waals surface area contributed by atoms with E-state index in [0.29, 0.717) is 0 Å². The number of nitrogens with zero attached hydrogens (tertiary/aromatic N) is 1. The van der Waals surface area contributed by atoms with E-state index in [9.17, 15) is 0 Å². The van der Waals surface area contributed by atoms with Gasteiger partial charge in [0, 0.05) is 32.8 Å². The second kappa shape index (κ2) is 9.82. The molecule has 46 heavy (non-hydrogen) atoms. The van der Waals surface area contributed by atoms with E-state index >= 15 is 0 Å². The van der Waals surface area contributed by atoms with E-state index in [0.717, 1.165) is 51.6 Å². The molecule has 0 aliphatic heterocycles. The second-order valence-electron chi connectivity index (χ2n) is 12.4. The number of hydrogen-bond donors (Lipinski definition) is 0. The molecule has 10 rings (SSSR count). The molecule has 0 saturated carbocycles. The number of rotatable bonds is 3. The third-order valence-corrected chi connectivity index (χ3v) is 9.85. The molecule has 2 heteroatoms. The van der Waals surface area contributed by atoms with Crippen LogP contribution in [0, 0.1) is 0 Å². The molecule has 0 amide bonds. The van der Waals surface area contributed by atoms with Crippen molar-refractivity contribution in [3.63, 3.8) is 0 Å². The predicted molar refractivity (Wildman–Crippen MR) is 194 cm³/mol. The van der Waals surface area contributed by atoms with Crippen LogP contribution in [0.2, 0.25) is 0 Å². The van der Waals surface area contributed by atoms with Gasteiger partial charge in [0.15, 0.2) is 0 Å². The highest BCUT2D eigenvalue weighted by Gasteiger charge is 2.18. The van der Waals surface area contributed by atoms with Gasteiger partial charge in [0.25, 0.3) is 0 Å². The molecule has 9 aromatic rings. The summed E-state index contributed by atoms with van der Waals surface area (Å²) in [6.07, 6.45) is 6.82. The first-order valence-corrected chi connectivity index (χ1v) is 16.1. The third kappa shape index (κ3) is 3.71. The van der Waals surface area contributed by atoms with Gasteiger partial charge in [-0.1, -0.05) is 109 Å². The topological polar surface area (TPSA) is 18.1 Å². The van der Waals surface area contributed by atoms with Crippen LogP contribution < -0.4 is 0 Å². The van der Waals surface area contributed by atoms with Gasteiger partial charge in [-0.2, -0.15) is 0 Å². The minimum Gasteiger partial charge on any atom is -0.455 e. The zero-order valence-corrected chi connectivity index (χ0v) is 25.2. The molecular formula is C44H29NO. The van der Waals surface area contributed by atoms with Crippen molar-refractivity contribution in [1.82, 2.24) is 4.57 Å². The summed E-state index contributed by atoms with van der Waals surface area (Å²) < 4.78 is 8.84. The van der Waals surface area contributed by atoms with Gasteiger partial charge in [-0.25, -0.2) is 0 Å². The number of fused-ring (bicyclic) bond motifs is 9. The summed E-state index contributed by atoms with van der Waals surface area (Å²) in [7, 11) is 0. The van der Waals surface area contributed by atoms with Crippen LogP contribution in [0.5, 0.6) is 0 Å². The number of aryl methyl sites for hydroxylation is 1. The summed E-state index contributed by atoms with van der Waals surface area (Å²) >= 11 is 0. The lowest BCUT2D eigenvalue weighted by molar-refractivity contribution is 0.670. The first kappa shape index (κ1) is 25.5. The van der Waals surface area contributed by atoms with Crippen LogP contribution in [-0.4, -0.2) is 4.57 Å². The van der Waals surface area contributed by atoms with E-state index < -0.39 is 0 Å². The van der Waals surface area contributed by atoms with Crippen LogP contribution in [0.15, 0.2) is 150 Å². The molecule has 2 aromatic heterocycles. The zero-order chi connectivity index (χ0) is 30.2. The Labute approximate surface area is 266 Å². The summed E-state index contributed by atoms with van der Waals surface area (Å²) in [5.74, 6) is 0. The molecular weight excluding hydrogens is 558 g/mol. The van der Waals surface area contributed by atoms with Gasteiger partial charge < -0.3 is 8.98 Å². The predicted octanol–water partition coefficient (Wildman–Crippen LogP) is 12.1. The van der Waals surface area contributed by atoms with Gasteiger partial charge in [-0.05, 0) is 93.9 Å². The van der Waals surface area contributed by atoms with Crippen LogP contribution in [-0.2, 0) is 6.42 Å². The van der Waals surface area contributed by atoms with E-state index in [1.54, 1.807) is 0 Å². The smallest absolute Gasteiger partial charge is 0.143 e. The molecule has 2 nitrogen and oxygen atoms in total. The van der Waals surface area contributed by atoms with Crippen molar-refractivity contribution in [3.8, 4) is 27.9 Å². The fraction of sp³-hybridized carbons (Fsp3) is 0.0455. The van der Waals surface area contributed by atoms with Crippen molar-refractivity contribution in [2.75, 3.05) is 0 Å². The molecule has 1 aliphatic rings. The van der Waals surface area contributed by atoms with Crippen LogP contribution >= 0.6 is 0 Å². The number of para-hydroxylation sites is 3. The Bertz CT molecular complexity index is 2700. The molecule has 1 aliphatic carbocycles. The SMILES string of the molecule is C1=Cc2c(-c3cccc(-n4c5ccccc5c5cc(-c6cccc7c6oc6ccccc67)ccc54)c3)cc3ccccc3c2CC1. The monoisotopic (exact) mass is 587 g/mol. The molecule has 0 fully saturated rings. The lowest BCUT2D eigenvalue weighted by Gasteiger charge is -2.19. The molecule has 0 spiro atoms. The van der Waals surface area contributed by atoms with Crippen LogP contribution in [0.1, 0.15) is 17.5 Å². The van der Waals surface area contributed by atoms with Crippen molar-refractivity contribution >= 4 is 60.6 Å². The fourth-order valence-electron chi connectivity index (χ4n) is 7.77. The van der Waals surface area contributed by atoms with Crippen LogP contribution in [0.3, 0.4) is 0 Å². The Hall–Kier alpha value is -5.86. The van der Waals surface area contributed by atoms with E-state index in [2.05, 4.69) is 144 Å². The molecule has 2 heterocycles. The van der Waals surface area contributed by atoms with Gasteiger partial charge in [0.1, 0.15) is 11.2 Å². The Balaban J connectivity index is 1.17. The molecule has 0 radical (unpaired) electrons. The number of furan rings is 1. The van der Waals surface area contributed by atoms with E-state index in [1.807, 2.05) is 12.1 Å². The Morgan fingerprint density at radius 2 is 1.28 bits per heavy atom. The first-order chi connectivity index (χ1) is 22.8. The minimum atomic E-state index is 0.922. The molecule has 0 saturated heterocycles. The fourth-order valence-corrected chi connectivity index (χ4v) is 7.77. The summed E-state index contributed by atoms with van der Waals surface area (Å²) in [5, 5.41) is 7.46. The highest BCUT2D eigenvalue weighted by molar-refractivity contribution is 6.13. The molecule has 0 bridgehead atoms. The van der Waals surface area contributed by atoms with E-state index in [1.165, 1.54) is 54.8 Å². The lowest BCUT2D eigenvalue weighted by atomic mass is 9.86. The highest BCUT2D eigenvalue weighted by Crippen LogP contribution is 2.41. The van der Waals surface area contributed by atoms with Gasteiger partial charge >= 0.3 is 0 Å².